The smallest absolute Gasteiger partial charge is 0.279 e. The summed E-state index contributed by atoms with van der Waals surface area (Å²) >= 11 is 12.5. The number of nitrogens with one attached hydrogen (secondary N) is 1. The number of halogens is 2. The highest BCUT2D eigenvalue weighted by Crippen LogP contribution is 2.33. The Morgan fingerprint density at radius 1 is 1.15 bits per heavy atom. The van der Waals surface area contributed by atoms with Gasteiger partial charge in [0.25, 0.3) is 10.2 Å². The zero-order valence-electron chi connectivity index (χ0n) is 15.9. The predicted octanol–water partition coefficient (Wildman–Crippen LogP) is 2.68. The van der Waals surface area contributed by atoms with Crippen LogP contribution in [0.2, 0.25) is 10.0 Å². The van der Waals surface area contributed by atoms with Gasteiger partial charge in [0.2, 0.25) is 0 Å². The number of hydrogen-bond acceptors (Lipinski definition) is 4. The van der Waals surface area contributed by atoms with Crippen molar-refractivity contribution in [3.63, 3.8) is 0 Å². The third kappa shape index (κ3) is 5.28. The second kappa shape index (κ2) is 8.84. The Labute approximate surface area is 172 Å². The average molecular weight is 435 g/mol. The van der Waals surface area contributed by atoms with Crippen LogP contribution in [0.4, 0.5) is 5.69 Å². The minimum atomic E-state index is -3.31. The van der Waals surface area contributed by atoms with Crippen molar-refractivity contribution in [3.8, 4) is 0 Å². The van der Waals surface area contributed by atoms with Crippen molar-refractivity contribution in [2.75, 3.05) is 51.7 Å². The van der Waals surface area contributed by atoms with Crippen LogP contribution in [0, 0.1) is 5.92 Å². The van der Waals surface area contributed by atoms with E-state index in [9.17, 15) is 8.42 Å². The second-order valence-corrected chi connectivity index (χ2v) is 10.3. The van der Waals surface area contributed by atoms with Crippen molar-refractivity contribution in [2.45, 2.75) is 25.3 Å². The lowest BCUT2D eigenvalue weighted by Gasteiger charge is -2.40. The number of benzene rings is 1. The number of piperazine rings is 1. The van der Waals surface area contributed by atoms with Gasteiger partial charge < -0.3 is 4.90 Å². The molecule has 0 bridgehead atoms. The van der Waals surface area contributed by atoms with Crippen LogP contribution in [0.1, 0.15) is 19.3 Å². The summed E-state index contributed by atoms with van der Waals surface area (Å²) < 4.78 is 27.6. The van der Waals surface area contributed by atoms with Crippen LogP contribution in [0.15, 0.2) is 18.2 Å². The molecule has 0 unspecified atom stereocenters. The molecular formula is C18H28Cl2N4O2S. The minimum Gasteiger partial charge on any atom is -0.368 e. The van der Waals surface area contributed by atoms with E-state index in [1.54, 1.807) is 14.1 Å². The molecule has 2 fully saturated rings. The van der Waals surface area contributed by atoms with Crippen molar-refractivity contribution in [2.24, 2.45) is 5.92 Å². The normalized spacial score (nSPS) is 24.3. The number of rotatable bonds is 7. The van der Waals surface area contributed by atoms with Gasteiger partial charge in [-0.25, -0.2) is 0 Å². The van der Waals surface area contributed by atoms with Gasteiger partial charge >= 0.3 is 0 Å². The zero-order valence-corrected chi connectivity index (χ0v) is 18.2. The fraction of sp³-hybridized carbons (Fsp3) is 0.667. The summed E-state index contributed by atoms with van der Waals surface area (Å²) in [6.07, 6.45) is 2.99. The maximum atomic E-state index is 11.8. The molecule has 1 aliphatic heterocycles. The Bertz CT molecular complexity index is 746. The fourth-order valence-electron chi connectivity index (χ4n) is 3.70. The molecule has 2 aliphatic rings. The molecule has 3 rings (SSSR count). The molecule has 1 saturated heterocycles. The van der Waals surface area contributed by atoms with Crippen molar-refractivity contribution >= 4 is 39.1 Å². The van der Waals surface area contributed by atoms with E-state index in [0.717, 1.165) is 57.7 Å². The Balaban J connectivity index is 1.37. The topological polar surface area (TPSA) is 55.9 Å². The van der Waals surface area contributed by atoms with E-state index in [-0.39, 0.29) is 6.04 Å². The van der Waals surface area contributed by atoms with Crippen molar-refractivity contribution in [1.82, 2.24) is 13.9 Å². The highest BCUT2D eigenvalue weighted by Gasteiger charge is 2.33. The monoisotopic (exact) mass is 434 g/mol. The van der Waals surface area contributed by atoms with Crippen LogP contribution in [-0.4, -0.2) is 70.5 Å². The van der Waals surface area contributed by atoms with Gasteiger partial charge in [0.05, 0.1) is 15.7 Å². The van der Waals surface area contributed by atoms with Crippen molar-refractivity contribution in [3.05, 3.63) is 28.2 Å². The first-order valence-corrected chi connectivity index (χ1v) is 11.6. The summed E-state index contributed by atoms with van der Waals surface area (Å²) in [6, 6.07) is 5.86. The maximum Gasteiger partial charge on any atom is 0.279 e. The van der Waals surface area contributed by atoms with Crippen LogP contribution in [0.25, 0.3) is 0 Å². The first-order valence-electron chi connectivity index (χ1n) is 9.37. The summed E-state index contributed by atoms with van der Waals surface area (Å²) in [5.41, 5.74) is 1.01. The van der Waals surface area contributed by atoms with Crippen molar-refractivity contribution in [1.29, 1.82) is 0 Å². The van der Waals surface area contributed by atoms with E-state index in [0.29, 0.717) is 16.0 Å². The third-order valence-electron chi connectivity index (χ3n) is 5.53. The molecular weight excluding hydrogens is 407 g/mol. The van der Waals surface area contributed by atoms with E-state index < -0.39 is 10.2 Å². The Morgan fingerprint density at radius 3 is 2.44 bits per heavy atom. The predicted molar refractivity (Wildman–Crippen MR) is 112 cm³/mol. The van der Waals surface area contributed by atoms with E-state index in [4.69, 9.17) is 23.2 Å². The summed E-state index contributed by atoms with van der Waals surface area (Å²) in [5, 5.41) is 1.23. The van der Waals surface area contributed by atoms with E-state index in [2.05, 4.69) is 14.5 Å². The largest absolute Gasteiger partial charge is 0.368 e. The number of hydrogen-bond donors (Lipinski definition) is 1. The summed E-state index contributed by atoms with van der Waals surface area (Å²) in [4.78, 5) is 4.77. The standard InChI is InChI=1S/C18H28Cl2N4O2S/c1-22(2)27(25,26)21-15-12-14(13-15)6-7-23-8-10-24(11-9-23)17-5-3-4-16(19)18(17)20/h3-5,14-15,21H,6-13H2,1-2H3. The average Bonchev–Trinajstić information content (AvgIpc) is 2.59. The van der Waals surface area contributed by atoms with Crippen LogP contribution in [-0.2, 0) is 10.2 Å². The van der Waals surface area contributed by atoms with Crippen LogP contribution in [0.5, 0.6) is 0 Å². The first-order chi connectivity index (χ1) is 12.8. The summed E-state index contributed by atoms with van der Waals surface area (Å²) in [7, 11) is -0.208. The van der Waals surface area contributed by atoms with Gasteiger partial charge in [0, 0.05) is 46.3 Å². The van der Waals surface area contributed by atoms with Gasteiger partial charge in [-0.3, -0.25) is 4.90 Å². The van der Waals surface area contributed by atoms with Crippen LogP contribution >= 0.6 is 23.2 Å². The molecule has 0 atom stereocenters. The molecule has 0 aromatic heterocycles. The highest BCUT2D eigenvalue weighted by atomic mass is 35.5. The SMILES string of the molecule is CN(C)S(=O)(=O)NC1CC(CCN2CCN(c3cccc(Cl)c3Cl)CC2)C1. The highest BCUT2D eigenvalue weighted by molar-refractivity contribution is 7.87. The van der Waals surface area contributed by atoms with Gasteiger partial charge in [-0.05, 0) is 43.9 Å². The van der Waals surface area contributed by atoms with Crippen LogP contribution in [0.3, 0.4) is 0 Å². The molecule has 0 spiro atoms. The van der Waals surface area contributed by atoms with E-state index >= 15 is 0 Å². The van der Waals surface area contributed by atoms with Crippen molar-refractivity contribution < 1.29 is 8.42 Å². The Hall–Kier alpha value is -0.570. The third-order valence-corrected chi connectivity index (χ3v) is 7.93. The molecule has 9 heteroatoms. The lowest BCUT2D eigenvalue weighted by molar-refractivity contribution is 0.181. The lowest BCUT2D eigenvalue weighted by atomic mass is 9.79. The fourth-order valence-corrected chi connectivity index (χ4v) is 4.94. The molecule has 1 aliphatic carbocycles. The van der Waals surface area contributed by atoms with Crippen LogP contribution < -0.4 is 9.62 Å². The molecule has 1 aromatic rings. The molecule has 6 nitrogen and oxygen atoms in total. The lowest BCUT2D eigenvalue weighted by Crippen LogP contribution is -2.50. The zero-order chi connectivity index (χ0) is 19.6. The number of nitrogens with zero attached hydrogens (tertiary/aromatic N) is 3. The molecule has 1 N–H and O–H groups in total. The molecule has 1 heterocycles. The Morgan fingerprint density at radius 2 is 1.81 bits per heavy atom. The minimum absolute atomic E-state index is 0.0872. The quantitative estimate of drug-likeness (QED) is 0.716. The molecule has 1 saturated carbocycles. The van der Waals surface area contributed by atoms with Gasteiger partial charge in [-0.1, -0.05) is 29.3 Å². The van der Waals surface area contributed by atoms with E-state index in [1.165, 1.54) is 4.31 Å². The summed E-state index contributed by atoms with van der Waals surface area (Å²) in [6.45, 7) is 4.96. The summed E-state index contributed by atoms with van der Waals surface area (Å²) in [5.74, 6) is 0.611. The molecule has 27 heavy (non-hydrogen) atoms. The maximum absolute atomic E-state index is 11.8. The molecule has 1 aromatic carbocycles. The van der Waals surface area contributed by atoms with E-state index in [1.807, 2.05) is 18.2 Å². The molecule has 0 radical (unpaired) electrons. The van der Waals surface area contributed by atoms with Gasteiger partial charge in [-0.15, -0.1) is 0 Å². The Kier molecular flexibility index (Phi) is 6.93. The first kappa shape index (κ1) is 21.1. The second-order valence-electron chi connectivity index (χ2n) is 7.63. The van der Waals surface area contributed by atoms with Gasteiger partial charge in [0.1, 0.15) is 0 Å². The van der Waals surface area contributed by atoms with Gasteiger partial charge in [-0.2, -0.15) is 17.4 Å². The molecule has 0 amide bonds. The van der Waals surface area contributed by atoms with Gasteiger partial charge in [0.15, 0.2) is 0 Å². The molecule has 152 valence electrons. The number of anilines is 1.